The topological polar surface area (TPSA) is 103 Å². The molecule has 0 N–H and O–H groups in total. The van der Waals surface area contributed by atoms with E-state index in [1.165, 1.54) is 12.1 Å². The summed E-state index contributed by atoms with van der Waals surface area (Å²) in [5.74, 6) is -0.708. The molecule has 7 nitrogen and oxygen atoms in total. The van der Waals surface area contributed by atoms with Crippen molar-refractivity contribution in [2.75, 3.05) is 13.4 Å². The van der Waals surface area contributed by atoms with E-state index in [0.29, 0.717) is 17.1 Å². The molecule has 2 aromatic carbocycles. The van der Waals surface area contributed by atoms with Crippen molar-refractivity contribution in [1.29, 1.82) is 5.26 Å². The lowest BCUT2D eigenvalue weighted by Gasteiger charge is -2.09. The molecular formula is C21H19NO6S. The lowest BCUT2D eigenvalue weighted by atomic mass is 10.0. The average Bonchev–Trinajstić information content (AvgIpc) is 3.20. The highest BCUT2D eigenvalue weighted by atomic mass is 32.2. The maximum atomic E-state index is 13.4. The average molecular weight is 413 g/mol. The second-order valence-electron chi connectivity index (χ2n) is 7.07. The van der Waals surface area contributed by atoms with Gasteiger partial charge in [-0.2, -0.15) is 5.26 Å². The van der Waals surface area contributed by atoms with Gasteiger partial charge in [0.15, 0.2) is 26.8 Å². The van der Waals surface area contributed by atoms with E-state index in [4.69, 9.17) is 14.2 Å². The van der Waals surface area contributed by atoms with Gasteiger partial charge in [-0.05, 0) is 43.7 Å². The number of rotatable bonds is 5. The first kappa shape index (κ1) is 19.3. The van der Waals surface area contributed by atoms with Crippen molar-refractivity contribution in [3.8, 4) is 17.6 Å². The van der Waals surface area contributed by atoms with Gasteiger partial charge >= 0.3 is 5.97 Å². The Labute approximate surface area is 168 Å². The predicted octanol–water partition coefficient (Wildman–Crippen LogP) is 2.74. The molecule has 0 aromatic heterocycles. The SMILES string of the molecule is CCOC(=O)[C@@]1(C#N)[C@H](c2ccc3c(c2)OCO3)[C@@H]1S(=O)(=O)c1ccc(C)cc1. The summed E-state index contributed by atoms with van der Waals surface area (Å²) in [4.78, 5) is 12.8. The van der Waals surface area contributed by atoms with Crippen LogP contribution < -0.4 is 9.47 Å². The molecule has 1 heterocycles. The Morgan fingerprint density at radius 3 is 2.55 bits per heavy atom. The third-order valence-electron chi connectivity index (χ3n) is 5.37. The van der Waals surface area contributed by atoms with Gasteiger partial charge in [0.2, 0.25) is 6.79 Å². The first-order valence-corrected chi connectivity index (χ1v) is 10.7. The zero-order chi connectivity index (χ0) is 20.8. The molecule has 1 fully saturated rings. The zero-order valence-electron chi connectivity index (χ0n) is 15.9. The number of carbonyl (C=O) groups is 1. The Morgan fingerprint density at radius 2 is 1.90 bits per heavy atom. The summed E-state index contributed by atoms with van der Waals surface area (Å²) in [6.07, 6.45) is 0. The first-order chi connectivity index (χ1) is 13.9. The van der Waals surface area contributed by atoms with E-state index < -0.39 is 32.4 Å². The van der Waals surface area contributed by atoms with Crippen LogP contribution in [0.3, 0.4) is 0 Å². The summed E-state index contributed by atoms with van der Waals surface area (Å²) in [6, 6.07) is 13.3. The Balaban J connectivity index is 1.82. The van der Waals surface area contributed by atoms with E-state index in [-0.39, 0.29) is 18.3 Å². The molecule has 8 heteroatoms. The summed E-state index contributed by atoms with van der Waals surface area (Å²) in [6.45, 7) is 3.58. The molecule has 0 unspecified atom stereocenters. The molecule has 150 valence electrons. The smallest absolute Gasteiger partial charge is 0.328 e. The van der Waals surface area contributed by atoms with Crippen molar-refractivity contribution in [1.82, 2.24) is 0 Å². The standard InChI is InChI=1S/C21H19NO6S/c1-3-26-20(23)21(11-22)18(14-6-9-16-17(10-14)28-12-27-16)19(21)29(24,25)15-7-4-13(2)5-8-15/h4-10,18-19H,3,12H2,1-2H3/t18-,19+,21+/m1/s1. The van der Waals surface area contributed by atoms with Crippen LogP contribution in [0.2, 0.25) is 0 Å². The summed E-state index contributed by atoms with van der Waals surface area (Å²) in [5.41, 5.74) is -0.387. The summed E-state index contributed by atoms with van der Waals surface area (Å²) < 4.78 is 42.6. The molecule has 2 aliphatic rings. The molecule has 1 aliphatic heterocycles. The fourth-order valence-electron chi connectivity index (χ4n) is 3.87. The number of ether oxygens (including phenoxy) is 3. The summed E-state index contributed by atoms with van der Waals surface area (Å²) in [7, 11) is -3.97. The Hall–Kier alpha value is -3.05. The molecule has 3 atom stereocenters. The van der Waals surface area contributed by atoms with Crippen LogP contribution in [0.1, 0.15) is 24.0 Å². The molecule has 1 aliphatic carbocycles. The van der Waals surface area contributed by atoms with E-state index in [9.17, 15) is 18.5 Å². The van der Waals surface area contributed by atoms with E-state index in [1.807, 2.05) is 13.0 Å². The maximum absolute atomic E-state index is 13.4. The minimum Gasteiger partial charge on any atom is -0.465 e. The van der Waals surface area contributed by atoms with Gasteiger partial charge in [-0.3, -0.25) is 4.79 Å². The normalized spacial score (nSPS) is 24.6. The van der Waals surface area contributed by atoms with Crippen molar-refractivity contribution in [2.24, 2.45) is 5.41 Å². The second-order valence-corrected chi connectivity index (χ2v) is 9.14. The fraction of sp³-hybridized carbons (Fsp3) is 0.333. The molecule has 0 radical (unpaired) electrons. The van der Waals surface area contributed by atoms with Gasteiger partial charge in [0, 0.05) is 5.92 Å². The number of nitriles is 1. The highest BCUT2D eigenvalue weighted by Gasteiger charge is 2.77. The Kier molecular flexibility index (Phi) is 4.50. The van der Waals surface area contributed by atoms with Crippen LogP contribution in [0.15, 0.2) is 47.4 Å². The number of sulfone groups is 1. The van der Waals surface area contributed by atoms with Crippen LogP contribution in [-0.4, -0.2) is 33.0 Å². The van der Waals surface area contributed by atoms with Gasteiger partial charge in [-0.15, -0.1) is 0 Å². The van der Waals surface area contributed by atoms with Crippen molar-refractivity contribution in [2.45, 2.75) is 29.9 Å². The number of nitrogens with zero attached hydrogens (tertiary/aromatic N) is 1. The molecule has 0 spiro atoms. The van der Waals surface area contributed by atoms with Crippen LogP contribution in [0.4, 0.5) is 0 Å². The molecule has 0 amide bonds. The minimum atomic E-state index is -3.97. The molecule has 29 heavy (non-hydrogen) atoms. The fourth-order valence-corrected chi connectivity index (χ4v) is 6.12. The third kappa shape index (κ3) is 2.85. The van der Waals surface area contributed by atoms with Crippen LogP contribution >= 0.6 is 0 Å². The predicted molar refractivity (Wildman–Crippen MR) is 102 cm³/mol. The van der Waals surface area contributed by atoms with Crippen LogP contribution in [-0.2, 0) is 19.4 Å². The third-order valence-corrected chi connectivity index (χ3v) is 7.61. The minimum absolute atomic E-state index is 0.0490. The van der Waals surface area contributed by atoms with Crippen molar-refractivity contribution >= 4 is 15.8 Å². The number of esters is 1. The largest absolute Gasteiger partial charge is 0.465 e. The van der Waals surface area contributed by atoms with Gasteiger partial charge < -0.3 is 14.2 Å². The Bertz CT molecular complexity index is 1120. The van der Waals surface area contributed by atoms with Crippen molar-refractivity contribution in [3.63, 3.8) is 0 Å². The van der Waals surface area contributed by atoms with Crippen LogP contribution in [0, 0.1) is 23.7 Å². The van der Waals surface area contributed by atoms with E-state index in [0.717, 1.165) is 5.56 Å². The monoisotopic (exact) mass is 413 g/mol. The molecule has 2 aromatic rings. The van der Waals surface area contributed by atoms with Gasteiger partial charge in [0.25, 0.3) is 0 Å². The number of fused-ring (bicyclic) bond motifs is 1. The Morgan fingerprint density at radius 1 is 1.21 bits per heavy atom. The van der Waals surface area contributed by atoms with E-state index in [2.05, 4.69) is 0 Å². The van der Waals surface area contributed by atoms with Crippen molar-refractivity contribution in [3.05, 3.63) is 53.6 Å². The summed E-state index contributed by atoms with van der Waals surface area (Å²) in [5, 5.41) is 8.68. The number of benzene rings is 2. The number of hydrogen-bond donors (Lipinski definition) is 0. The van der Waals surface area contributed by atoms with Gasteiger partial charge in [0.1, 0.15) is 5.25 Å². The van der Waals surface area contributed by atoms with Gasteiger partial charge in [0.05, 0.1) is 17.6 Å². The van der Waals surface area contributed by atoms with Gasteiger partial charge in [-0.1, -0.05) is 23.8 Å². The lowest BCUT2D eigenvalue weighted by molar-refractivity contribution is -0.147. The molecule has 1 saturated carbocycles. The van der Waals surface area contributed by atoms with E-state index >= 15 is 0 Å². The highest BCUT2D eigenvalue weighted by molar-refractivity contribution is 7.92. The quantitative estimate of drug-likeness (QED) is 0.695. The summed E-state index contributed by atoms with van der Waals surface area (Å²) >= 11 is 0. The first-order valence-electron chi connectivity index (χ1n) is 9.15. The lowest BCUT2D eigenvalue weighted by Crippen LogP contribution is -2.25. The number of aryl methyl sites for hydroxylation is 1. The van der Waals surface area contributed by atoms with Crippen LogP contribution in [0.25, 0.3) is 0 Å². The van der Waals surface area contributed by atoms with E-state index in [1.54, 1.807) is 37.3 Å². The zero-order valence-corrected chi connectivity index (χ0v) is 16.7. The molecular weight excluding hydrogens is 394 g/mol. The molecule has 0 saturated heterocycles. The van der Waals surface area contributed by atoms with Gasteiger partial charge in [-0.25, -0.2) is 8.42 Å². The molecule has 4 rings (SSSR count). The molecule has 0 bridgehead atoms. The second kappa shape index (κ2) is 6.78. The number of hydrogen-bond acceptors (Lipinski definition) is 7. The van der Waals surface area contributed by atoms with Crippen LogP contribution in [0.5, 0.6) is 11.5 Å². The number of carbonyl (C=O) groups excluding carboxylic acids is 1. The van der Waals surface area contributed by atoms with Crippen molar-refractivity contribution < 1.29 is 27.4 Å². The highest BCUT2D eigenvalue weighted by Crippen LogP contribution is 2.65. The maximum Gasteiger partial charge on any atom is 0.328 e.